The summed E-state index contributed by atoms with van der Waals surface area (Å²) in [5.74, 6) is 1.13. The Balaban J connectivity index is 0.000000171. The number of Topliss-reactive ketones (excluding diaryl/α,β-unsaturated/α-hetero) is 2. The molecule has 0 bridgehead atoms. The van der Waals surface area contributed by atoms with E-state index in [-0.39, 0.29) is 5.78 Å². The van der Waals surface area contributed by atoms with Crippen LogP contribution in [0.15, 0.2) is 91.0 Å². The fraction of sp³-hybridized carbons (Fsp3) is 0.286. The Morgan fingerprint density at radius 1 is 0.600 bits per heavy atom. The normalized spacial score (nSPS) is 13.7. The highest BCUT2D eigenvalue weighted by Gasteiger charge is 2.17. The third-order valence-electron chi connectivity index (χ3n) is 5.60. The van der Waals surface area contributed by atoms with E-state index in [0.717, 1.165) is 23.1 Å². The molecule has 30 heavy (non-hydrogen) atoms. The minimum Gasteiger partial charge on any atom is -0.294 e. The molecule has 0 heterocycles. The van der Waals surface area contributed by atoms with Crippen molar-refractivity contribution in [3.63, 3.8) is 0 Å². The van der Waals surface area contributed by atoms with Gasteiger partial charge in [-0.15, -0.1) is 0 Å². The van der Waals surface area contributed by atoms with Crippen molar-refractivity contribution in [2.75, 3.05) is 0 Å². The maximum absolute atomic E-state index is 11.9. The fourth-order valence-corrected chi connectivity index (χ4v) is 3.90. The molecule has 0 spiro atoms. The number of benzene rings is 3. The van der Waals surface area contributed by atoms with Gasteiger partial charge in [-0.05, 0) is 11.5 Å². The minimum absolute atomic E-state index is 0.168. The van der Waals surface area contributed by atoms with Crippen molar-refractivity contribution in [1.82, 2.24) is 0 Å². The minimum atomic E-state index is 0.168. The predicted octanol–water partition coefficient (Wildman–Crippen LogP) is 6.95. The van der Waals surface area contributed by atoms with Crippen LogP contribution >= 0.6 is 0 Å². The number of carbonyl (C=O) groups excluding carboxylic acids is 2. The average molecular weight is 399 g/mol. The Kier molecular flexibility index (Phi) is 8.59. The predicted molar refractivity (Wildman–Crippen MR) is 123 cm³/mol. The zero-order valence-electron chi connectivity index (χ0n) is 17.5. The highest BCUT2D eigenvalue weighted by atomic mass is 16.1. The monoisotopic (exact) mass is 398 g/mol. The lowest BCUT2D eigenvalue weighted by Crippen LogP contribution is -2.12. The van der Waals surface area contributed by atoms with E-state index >= 15 is 0 Å². The van der Waals surface area contributed by atoms with Crippen molar-refractivity contribution < 1.29 is 9.59 Å². The molecule has 1 aliphatic rings. The summed E-state index contributed by atoms with van der Waals surface area (Å²) >= 11 is 0. The SMILES string of the molecule is O=C(CC1CCCCC1)c1ccccc1.O=C(Cc1ccccc1)c1ccccc1. The van der Waals surface area contributed by atoms with Gasteiger partial charge in [-0.3, -0.25) is 9.59 Å². The highest BCUT2D eigenvalue weighted by Crippen LogP contribution is 2.27. The lowest BCUT2D eigenvalue weighted by atomic mass is 9.85. The third-order valence-corrected chi connectivity index (χ3v) is 5.60. The molecule has 0 saturated heterocycles. The van der Waals surface area contributed by atoms with Gasteiger partial charge in [-0.2, -0.15) is 0 Å². The van der Waals surface area contributed by atoms with Gasteiger partial charge in [-0.1, -0.05) is 123 Å². The standard InChI is InChI=1S/C14H18O.C14H12O/c2*15-14(13-9-5-2-6-10-13)11-12-7-3-1-4-8-12/h2,5-6,9-10,12H,1,3-4,7-8,11H2;1-10H,11H2. The Hall–Kier alpha value is -3.00. The largest absolute Gasteiger partial charge is 0.294 e. The Morgan fingerprint density at radius 3 is 1.60 bits per heavy atom. The van der Waals surface area contributed by atoms with E-state index in [2.05, 4.69) is 0 Å². The Labute approximate surface area is 180 Å². The summed E-state index contributed by atoms with van der Waals surface area (Å²) in [4.78, 5) is 23.7. The van der Waals surface area contributed by atoms with Crippen molar-refractivity contribution >= 4 is 11.6 Å². The third kappa shape index (κ3) is 7.11. The van der Waals surface area contributed by atoms with Crippen molar-refractivity contribution in [1.29, 1.82) is 0 Å². The molecule has 0 unspecified atom stereocenters. The first-order valence-corrected chi connectivity index (χ1v) is 10.9. The molecule has 3 aromatic rings. The molecule has 0 atom stereocenters. The lowest BCUT2D eigenvalue weighted by Gasteiger charge is -2.20. The summed E-state index contributed by atoms with van der Waals surface area (Å²) in [6.45, 7) is 0. The number of carbonyl (C=O) groups is 2. The van der Waals surface area contributed by atoms with E-state index < -0.39 is 0 Å². The van der Waals surface area contributed by atoms with Crippen LogP contribution in [0.1, 0.15) is 64.8 Å². The highest BCUT2D eigenvalue weighted by molar-refractivity contribution is 5.97. The number of hydrogen-bond donors (Lipinski definition) is 0. The molecular weight excluding hydrogens is 368 g/mol. The van der Waals surface area contributed by atoms with Crippen LogP contribution in [0, 0.1) is 5.92 Å². The van der Waals surface area contributed by atoms with Gasteiger partial charge in [0.15, 0.2) is 11.6 Å². The van der Waals surface area contributed by atoms with E-state index in [0.29, 0.717) is 18.1 Å². The molecule has 1 fully saturated rings. The zero-order chi connectivity index (χ0) is 21.0. The van der Waals surface area contributed by atoms with Crippen LogP contribution in [-0.2, 0) is 6.42 Å². The molecule has 154 valence electrons. The van der Waals surface area contributed by atoms with Crippen molar-refractivity contribution in [2.45, 2.75) is 44.9 Å². The Bertz CT molecular complexity index is 895. The van der Waals surface area contributed by atoms with Gasteiger partial charge in [0.05, 0.1) is 0 Å². The molecule has 0 aromatic heterocycles. The molecule has 0 N–H and O–H groups in total. The molecular formula is C28H30O2. The summed E-state index contributed by atoms with van der Waals surface area (Å²) in [7, 11) is 0. The molecule has 0 aliphatic heterocycles. The first-order valence-electron chi connectivity index (χ1n) is 10.9. The molecule has 1 aliphatic carbocycles. The van der Waals surface area contributed by atoms with Gasteiger partial charge in [0.1, 0.15) is 0 Å². The quantitative estimate of drug-likeness (QED) is 0.421. The maximum atomic E-state index is 11.9. The van der Waals surface area contributed by atoms with E-state index in [1.165, 1.54) is 32.1 Å². The Morgan fingerprint density at radius 2 is 1.07 bits per heavy atom. The molecule has 2 nitrogen and oxygen atoms in total. The van der Waals surface area contributed by atoms with Crippen LogP contribution < -0.4 is 0 Å². The molecule has 2 heteroatoms. The van der Waals surface area contributed by atoms with Gasteiger partial charge < -0.3 is 0 Å². The van der Waals surface area contributed by atoms with E-state index in [9.17, 15) is 9.59 Å². The fourth-order valence-electron chi connectivity index (χ4n) is 3.90. The number of rotatable bonds is 6. The van der Waals surface area contributed by atoms with Crippen LogP contribution in [0.2, 0.25) is 0 Å². The van der Waals surface area contributed by atoms with Gasteiger partial charge >= 0.3 is 0 Å². The topological polar surface area (TPSA) is 34.1 Å². The van der Waals surface area contributed by atoms with Gasteiger partial charge in [0.25, 0.3) is 0 Å². The van der Waals surface area contributed by atoms with Gasteiger partial charge in [0.2, 0.25) is 0 Å². The van der Waals surface area contributed by atoms with Crippen LogP contribution in [0.3, 0.4) is 0 Å². The van der Waals surface area contributed by atoms with Crippen molar-refractivity contribution in [3.05, 3.63) is 108 Å². The summed E-state index contributed by atoms with van der Waals surface area (Å²) in [5, 5.41) is 0. The molecule has 0 amide bonds. The van der Waals surface area contributed by atoms with Crippen LogP contribution in [0.5, 0.6) is 0 Å². The second-order valence-corrected chi connectivity index (χ2v) is 7.95. The first-order chi connectivity index (χ1) is 14.7. The van der Waals surface area contributed by atoms with Crippen LogP contribution in [-0.4, -0.2) is 11.6 Å². The summed E-state index contributed by atoms with van der Waals surface area (Å²) in [6, 6.07) is 28.9. The summed E-state index contributed by atoms with van der Waals surface area (Å²) in [6.07, 6.45) is 7.71. The van der Waals surface area contributed by atoms with E-state index in [4.69, 9.17) is 0 Å². The van der Waals surface area contributed by atoms with Gasteiger partial charge in [0, 0.05) is 24.0 Å². The zero-order valence-corrected chi connectivity index (χ0v) is 17.5. The average Bonchev–Trinajstić information content (AvgIpc) is 2.82. The number of ketones is 2. The van der Waals surface area contributed by atoms with Crippen molar-refractivity contribution in [3.8, 4) is 0 Å². The molecule has 3 aromatic carbocycles. The van der Waals surface area contributed by atoms with Crippen LogP contribution in [0.25, 0.3) is 0 Å². The lowest BCUT2D eigenvalue weighted by molar-refractivity contribution is 0.0948. The smallest absolute Gasteiger partial charge is 0.167 e. The van der Waals surface area contributed by atoms with E-state index in [1.54, 1.807) is 0 Å². The second kappa shape index (κ2) is 11.9. The van der Waals surface area contributed by atoms with Crippen LogP contribution in [0.4, 0.5) is 0 Å². The second-order valence-electron chi connectivity index (χ2n) is 7.95. The first kappa shape index (κ1) is 21.7. The number of hydrogen-bond acceptors (Lipinski definition) is 2. The molecule has 4 rings (SSSR count). The van der Waals surface area contributed by atoms with Gasteiger partial charge in [-0.25, -0.2) is 0 Å². The summed E-state index contributed by atoms with van der Waals surface area (Å²) < 4.78 is 0. The van der Waals surface area contributed by atoms with Crippen molar-refractivity contribution in [2.24, 2.45) is 5.92 Å². The molecule has 1 saturated carbocycles. The molecule has 0 radical (unpaired) electrons. The maximum Gasteiger partial charge on any atom is 0.167 e. The summed E-state index contributed by atoms with van der Waals surface area (Å²) in [5.41, 5.74) is 2.72. The van der Waals surface area contributed by atoms with E-state index in [1.807, 2.05) is 91.0 Å².